The lowest BCUT2D eigenvalue weighted by molar-refractivity contribution is -0.185. The Morgan fingerprint density at radius 2 is 1.90 bits per heavy atom. The fourth-order valence-corrected chi connectivity index (χ4v) is 3.45. The summed E-state index contributed by atoms with van der Waals surface area (Å²) in [5.41, 5.74) is 1.04. The summed E-state index contributed by atoms with van der Waals surface area (Å²) in [6.45, 7) is 1.98. The monoisotopic (exact) mass is 305 g/mol. The standard InChI is InChI=1S/C15H19ClF3N/c1-10(11-5-7-20-8-6-11)14(16)12-3-2-4-13(9-12)15(17,18)19/h5-8,10,12-14H,2-4,9H2,1H3. The topological polar surface area (TPSA) is 12.9 Å². The lowest BCUT2D eigenvalue weighted by Gasteiger charge is -2.35. The van der Waals surface area contributed by atoms with Crippen LogP contribution in [0, 0.1) is 11.8 Å². The van der Waals surface area contributed by atoms with E-state index < -0.39 is 12.1 Å². The Labute approximate surface area is 122 Å². The molecule has 5 heteroatoms. The van der Waals surface area contributed by atoms with Crippen LogP contribution < -0.4 is 0 Å². The number of pyridine rings is 1. The molecule has 20 heavy (non-hydrogen) atoms. The number of rotatable bonds is 3. The van der Waals surface area contributed by atoms with Crippen molar-refractivity contribution in [1.29, 1.82) is 0 Å². The zero-order chi connectivity index (χ0) is 14.8. The van der Waals surface area contributed by atoms with Crippen molar-refractivity contribution in [3.05, 3.63) is 30.1 Å². The second-order valence-electron chi connectivity index (χ2n) is 5.68. The molecule has 0 amide bonds. The van der Waals surface area contributed by atoms with Crippen molar-refractivity contribution in [2.24, 2.45) is 11.8 Å². The lowest BCUT2D eigenvalue weighted by Crippen LogP contribution is -2.33. The van der Waals surface area contributed by atoms with Gasteiger partial charge in [0.1, 0.15) is 0 Å². The molecule has 1 nitrogen and oxygen atoms in total. The Bertz CT molecular complexity index is 421. The van der Waals surface area contributed by atoms with Gasteiger partial charge in [0.15, 0.2) is 0 Å². The third kappa shape index (κ3) is 3.66. The minimum absolute atomic E-state index is 0.0386. The first kappa shape index (κ1) is 15.6. The molecule has 1 aromatic heterocycles. The van der Waals surface area contributed by atoms with E-state index in [0.717, 1.165) is 12.0 Å². The van der Waals surface area contributed by atoms with Gasteiger partial charge in [-0.2, -0.15) is 13.2 Å². The summed E-state index contributed by atoms with van der Waals surface area (Å²) in [7, 11) is 0. The van der Waals surface area contributed by atoms with E-state index in [-0.39, 0.29) is 30.1 Å². The first-order chi connectivity index (χ1) is 9.39. The minimum Gasteiger partial charge on any atom is -0.265 e. The van der Waals surface area contributed by atoms with Crippen molar-refractivity contribution in [2.45, 2.75) is 50.1 Å². The summed E-state index contributed by atoms with van der Waals surface area (Å²) in [4.78, 5) is 3.95. The average Bonchev–Trinajstić information content (AvgIpc) is 2.46. The molecule has 1 aliphatic carbocycles. The summed E-state index contributed by atoms with van der Waals surface area (Å²) < 4.78 is 38.6. The molecule has 112 valence electrons. The molecule has 0 bridgehead atoms. The number of hydrogen-bond donors (Lipinski definition) is 0. The Morgan fingerprint density at radius 3 is 2.50 bits per heavy atom. The quantitative estimate of drug-likeness (QED) is 0.703. The van der Waals surface area contributed by atoms with Gasteiger partial charge in [-0.1, -0.05) is 13.3 Å². The van der Waals surface area contributed by atoms with Gasteiger partial charge >= 0.3 is 6.18 Å². The Kier molecular flexibility index (Phi) is 4.95. The SMILES string of the molecule is CC(c1ccncc1)C(Cl)C1CCCC(C(F)(F)F)C1. The van der Waals surface area contributed by atoms with Crippen LogP contribution in [0.2, 0.25) is 0 Å². The predicted molar refractivity (Wildman–Crippen MR) is 73.8 cm³/mol. The van der Waals surface area contributed by atoms with E-state index >= 15 is 0 Å². The highest BCUT2D eigenvalue weighted by atomic mass is 35.5. The highest BCUT2D eigenvalue weighted by Crippen LogP contribution is 2.44. The smallest absolute Gasteiger partial charge is 0.265 e. The Morgan fingerprint density at radius 1 is 1.25 bits per heavy atom. The van der Waals surface area contributed by atoms with Crippen LogP contribution in [0.25, 0.3) is 0 Å². The number of halogens is 4. The molecule has 1 aliphatic rings. The van der Waals surface area contributed by atoms with Crippen molar-refractivity contribution < 1.29 is 13.2 Å². The van der Waals surface area contributed by atoms with Gasteiger partial charge in [0.2, 0.25) is 0 Å². The van der Waals surface area contributed by atoms with Crippen molar-refractivity contribution in [3.8, 4) is 0 Å². The van der Waals surface area contributed by atoms with Crippen LogP contribution in [0.4, 0.5) is 13.2 Å². The van der Waals surface area contributed by atoms with Crippen molar-refractivity contribution >= 4 is 11.6 Å². The highest BCUT2D eigenvalue weighted by molar-refractivity contribution is 6.21. The van der Waals surface area contributed by atoms with Crippen LogP contribution in [0.15, 0.2) is 24.5 Å². The van der Waals surface area contributed by atoms with Gasteiger partial charge in [-0.25, -0.2) is 0 Å². The summed E-state index contributed by atoms with van der Waals surface area (Å²) in [5, 5.41) is -0.262. The van der Waals surface area contributed by atoms with E-state index in [9.17, 15) is 13.2 Å². The van der Waals surface area contributed by atoms with Crippen LogP contribution >= 0.6 is 11.6 Å². The van der Waals surface area contributed by atoms with Crippen molar-refractivity contribution in [1.82, 2.24) is 4.98 Å². The second kappa shape index (κ2) is 6.33. The number of hydrogen-bond acceptors (Lipinski definition) is 1. The molecule has 4 atom stereocenters. The van der Waals surface area contributed by atoms with Crippen LogP contribution in [0.3, 0.4) is 0 Å². The van der Waals surface area contributed by atoms with Crippen LogP contribution in [-0.4, -0.2) is 16.5 Å². The van der Waals surface area contributed by atoms with E-state index in [1.807, 2.05) is 19.1 Å². The van der Waals surface area contributed by atoms with E-state index in [1.54, 1.807) is 12.4 Å². The van der Waals surface area contributed by atoms with Gasteiger partial charge in [-0.05, 0) is 48.8 Å². The summed E-state index contributed by atoms with van der Waals surface area (Å²) >= 11 is 6.47. The van der Waals surface area contributed by atoms with E-state index in [2.05, 4.69) is 4.98 Å². The van der Waals surface area contributed by atoms with Crippen molar-refractivity contribution in [2.75, 3.05) is 0 Å². The van der Waals surface area contributed by atoms with Crippen LogP contribution in [0.1, 0.15) is 44.1 Å². The van der Waals surface area contributed by atoms with Gasteiger partial charge in [-0.15, -0.1) is 11.6 Å². The maximum Gasteiger partial charge on any atom is 0.391 e. The molecule has 1 aromatic rings. The molecule has 1 heterocycles. The molecule has 0 aliphatic heterocycles. The molecule has 4 unspecified atom stereocenters. The lowest BCUT2D eigenvalue weighted by atomic mass is 9.76. The van der Waals surface area contributed by atoms with Crippen LogP contribution in [-0.2, 0) is 0 Å². The minimum atomic E-state index is -4.09. The fraction of sp³-hybridized carbons (Fsp3) is 0.667. The van der Waals surface area contributed by atoms with Gasteiger partial charge < -0.3 is 0 Å². The zero-order valence-electron chi connectivity index (χ0n) is 11.4. The van der Waals surface area contributed by atoms with Gasteiger partial charge in [-0.3, -0.25) is 4.98 Å². The maximum absolute atomic E-state index is 12.9. The summed E-state index contributed by atoms with van der Waals surface area (Å²) in [6, 6.07) is 3.76. The maximum atomic E-state index is 12.9. The number of aromatic nitrogens is 1. The van der Waals surface area contributed by atoms with Gasteiger partial charge in [0, 0.05) is 17.8 Å². The van der Waals surface area contributed by atoms with E-state index in [0.29, 0.717) is 6.42 Å². The normalized spacial score (nSPS) is 27.1. The second-order valence-corrected chi connectivity index (χ2v) is 6.18. The predicted octanol–water partition coefficient (Wildman–Crippen LogP) is 5.16. The molecule has 0 saturated heterocycles. The molecular weight excluding hydrogens is 287 g/mol. The first-order valence-corrected chi connectivity index (χ1v) is 7.44. The molecule has 0 spiro atoms. The number of nitrogens with zero attached hydrogens (tertiary/aromatic N) is 1. The van der Waals surface area contributed by atoms with Crippen LogP contribution in [0.5, 0.6) is 0 Å². The van der Waals surface area contributed by atoms with Gasteiger partial charge in [0.05, 0.1) is 5.92 Å². The largest absolute Gasteiger partial charge is 0.391 e. The average molecular weight is 306 g/mol. The van der Waals surface area contributed by atoms with E-state index in [4.69, 9.17) is 11.6 Å². The van der Waals surface area contributed by atoms with Crippen molar-refractivity contribution in [3.63, 3.8) is 0 Å². The highest BCUT2D eigenvalue weighted by Gasteiger charge is 2.44. The molecule has 1 fully saturated rings. The molecule has 0 aromatic carbocycles. The summed E-state index contributed by atoms with van der Waals surface area (Å²) in [6.07, 6.45) is 1.09. The zero-order valence-corrected chi connectivity index (χ0v) is 12.2. The Hall–Kier alpha value is -0.770. The molecule has 0 N–H and O–H groups in total. The Balaban J connectivity index is 2.03. The molecular formula is C15H19ClF3N. The third-order valence-electron chi connectivity index (χ3n) is 4.34. The fourth-order valence-electron chi connectivity index (χ4n) is 3.07. The molecule has 2 rings (SSSR count). The third-order valence-corrected chi connectivity index (χ3v) is 5.07. The number of alkyl halides is 4. The summed E-state index contributed by atoms with van der Waals surface area (Å²) in [5.74, 6) is -1.22. The first-order valence-electron chi connectivity index (χ1n) is 7.00. The molecule has 0 radical (unpaired) electrons. The van der Waals surface area contributed by atoms with Gasteiger partial charge in [0.25, 0.3) is 0 Å². The van der Waals surface area contributed by atoms with E-state index in [1.165, 1.54) is 0 Å². The molecule has 1 saturated carbocycles.